The van der Waals surface area contributed by atoms with Crippen molar-refractivity contribution in [3.8, 4) is 0 Å². The molecule has 4 nitrogen and oxygen atoms in total. The molecule has 0 spiro atoms. The van der Waals surface area contributed by atoms with Gasteiger partial charge >= 0.3 is 0 Å². The molecule has 3 rings (SSSR count). The largest absolute Gasteiger partial charge is 0.351 e. The molecule has 2 atom stereocenters. The van der Waals surface area contributed by atoms with E-state index in [0.29, 0.717) is 5.56 Å². The van der Waals surface area contributed by atoms with Crippen LogP contribution in [0.3, 0.4) is 0 Å². The third-order valence-electron chi connectivity index (χ3n) is 5.37. The molecular weight excluding hydrogens is 405 g/mol. The molecule has 0 saturated heterocycles. The zero-order chi connectivity index (χ0) is 23.1. The van der Waals surface area contributed by atoms with Crippen molar-refractivity contribution in [2.24, 2.45) is 11.8 Å². The van der Waals surface area contributed by atoms with Crippen LogP contribution in [0, 0.1) is 17.7 Å². The van der Waals surface area contributed by atoms with E-state index in [0.717, 1.165) is 5.56 Å². The number of carbonyl (C=O) groups is 3. The molecule has 0 fully saturated rings. The molecule has 2 unspecified atom stereocenters. The summed E-state index contributed by atoms with van der Waals surface area (Å²) in [6.07, 6.45) is 0. The summed E-state index contributed by atoms with van der Waals surface area (Å²) in [6, 6.07) is 23.3. The summed E-state index contributed by atoms with van der Waals surface area (Å²) >= 11 is 0. The van der Waals surface area contributed by atoms with E-state index in [9.17, 15) is 18.8 Å². The average Bonchev–Trinajstić information content (AvgIpc) is 2.81. The van der Waals surface area contributed by atoms with Crippen molar-refractivity contribution in [2.75, 3.05) is 0 Å². The summed E-state index contributed by atoms with van der Waals surface area (Å²) in [6.45, 7) is 3.67. The van der Waals surface area contributed by atoms with Gasteiger partial charge in [0.25, 0.3) is 0 Å². The number of halogens is 1. The molecule has 1 amide bonds. The van der Waals surface area contributed by atoms with Gasteiger partial charge in [0.15, 0.2) is 5.78 Å². The van der Waals surface area contributed by atoms with Gasteiger partial charge in [0.05, 0.1) is 5.92 Å². The fraction of sp³-hybridized carbons (Fsp3) is 0.222. The Morgan fingerprint density at radius 2 is 1.38 bits per heavy atom. The van der Waals surface area contributed by atoms with Crippen LogP contribution < -0.4 is 5.32 Å². The third-order valence-corrected chi connectivity index (χ3v) is 5.37. The zero-order valence-corrected chi connectivity index (χ0v) is 18.1. The number of carbonyl (C=O) groups excluding carboxylic acids is 3. The Morgan fingerprint density at radius 3 is 1.94 bits per heavy atom. The Balaban J connectivity index is 2.00. The number of rotatable bonds is 9. The van der Waals surface area contributed by atoms with Crippen LogP contribution in [0.5, 0.6) is 0 Å². The first-order chi connectivity index (χ1) is 15.4. The van der Waals surface area contributed by atoms with Crippen LogP contribution in [-0.4, -0.2) is 17.5 Å². The Kier molecular flexibility index (Phi) is 7.66. The summed E-state index contributed by atoms with van der Waals surface area (Å²) in [4.78, 5) is 40.1. The first kappa shape index (κ1) is 23.1. The molecule has 0 heterocycles. The van der Waals surface area contributed by atoms with Crippen molar-refractivity contribution in [1.29, 1.82) is 0 Å². The SMILES string of the molecule is CC(C)C(=O)C(C(=O)NCc1ccccc1)C(C(=O)c1ccc(F)cc1)c1ccccc1. The van der Waals surface area contributed by atoms with E-state index in [4.69, 9.17) is 0 Å². The highest BCUT2D eigenvalue weighted by atomic mass is 19.1. The minimum absolute atomic E-state index is 0.244. The summed E-state index contributed by atoms with van der Waals surface area (Å²) in [5.74, 6) is -4.37. The normalized spacial score (nSPS) is 12.8. The van der Waals surface area contributed by atoms with Crippen LogP contribution in [0.2, 0.25) is 0 Å². The lowest BCUT2D eigenvalue weighted by Crippen LogP contribution is -2.42. The summed E-state index contributed by atoms with van der Waals surface area (Å²) < 4.78 is 13.4. The van der Waals surface area contributed by atoms with Gasteiger partial charge in [0, 0.05) is 18.0 Å². The molecule has 164 valence electrons. The standard InChI is InChI=1S/C27H26FNO3/c1-18(2)25(30)24(27(32)29-17-19-9-5-3-6-10-19)23(20-11-7-4-8-12-20)26(31)21-13-15-22(28)16-14-21/h3-16,18,23-24H,17H2,1-2H3,(H,29,32). The fourth-order valence-electron chi connectivity index (χ4n) is 3.65. The number of hydrogen-bond donors (Lipinski definition) is 1. The second-order valence-corrected chi connectivity index (χ2v) is 8.00. The zero-order valence-electron chi connectivity index (χ0n) is 18.1. The van der Waals surface area contributed by atoms with Crippen LogP contribution in [0.25, 0.3) is 0 Å². The average molecular weight is 432 g/mol. The van der Waals surface area contributed by atoms with Crippen LogP contribution >= 0.6 is 0 Å². The minimum Gasteiger partial charge on any atom is -0.351 e. The van der Waals surface area contributed by atoms with Gasteiger partial charge in [-0.05, 0) is 35.4 Å². The molecule has 0 saturated carbocycles. The number of ketones is 2. The smallest absolute Gasteiger partial charge is 0.231 e. The van der Waals surface area contributed by atoms with Crippen molar-refractivity contribution in [1.82, 2.24) is 5.32 Å². The molecule has 3 aromatic carbocycles. The number of nitrogens with one attached hydrogen (secondary N) is 1. The summed E-state index contributed by atoms with van der Waals surface area (Å²) in [5, 5.41) is 2.83. The maximum Gasteiger partial charge on any atom is 0.231 e. The van der Waals surface area contributed by atoms with Crippen LogP contribution in [0.1, 0.15) is 41.3 Å². The Bertz CT molecular complexity index is 1060. The summed E-state index contributed by atoms with van der Waals surface area (Å²) in [5.41, 5.74) is 1.70. The van der Waals surface area contributed by atoms with Gasteiger partial charge in [0.2, 0.25) is 5.91 Å². The van der Waals surface area contributed by atoms with Gasteiger partial charge in [-0.2, -0.15) is 0 Å². The van der Waals surface area contributed by atoms with Gasteiger partial charge in [-0.1, -0.05) is 74.5 Å². The highest BCUT2D eigenvalue weighted by Crippen LogP contribution is 2.32. The van der Waals surface area contributed by atoms with E-state index in [2.05, 4.69) is 5.32 Å². The Hall–Kier alpha value is -3.60. The molecule has 0 aromatic heterocycles. The van der Waals surface area contributed by atoms with Gasteiger partial charge in [-0.15, -0.1) is 0 Å². The van der Waals surface area contributed by atoms with E-state index in [1.807, 2.05) is 30.3 Å². The molecule has 3 aromatic rings. The van der Waals surface area contributed by atoms with Crippen LogP contribution in [0.4, 0.5) is 4.39 Å². The maximum absolute atomic E-state index is 13.5. The molecule has 0 aliphatic carbocycles. The van der Waals surface area contributed by atoms with E-state index in [1.54, 1.807) is 44.2 Å². The van der Waals surface area contributed by atoms with Gasteiger partial charge in [0.1, 0.15) is 17.5 Å². The molecular formula is C27H26FNO3. The fourth-order valence-corrected chi connectivity index (χ4v) is 3.65. The number of benzene rings is 3. The topological polar surface area (TPSA) is 63.2 Å². The number of Topliss-reactive ketones (excluding diaryl/α,β-unsaturated/α-hetero) is 2. The quantitative estimate of drug-likeness (QED) is 0.385. The van der Waals surface area contributed by atoms with E-state index in [-0.39, 0.29) is 17.9 Å². The highest BCUT2D eigenvalue weighted by molar-refractivity contribution is 6.11. The lowest BCUT2D eigenvalue weighted by Gasteiger charge is -2.26. The second kappa shape index (κ2) is 10.6. The molecule has 5 heteroatoms. The third kappa shape index (κ3) is 5.55. The number of hydrogen-bond acceptors (Lipinski definition) is 3. The van der Waals surface area contributed by atoms with Crippen molar-refractivity contribution >= 4 is 17.5 Å². The maximum atomic E-state index is 13.5. The van der Waals surface area contributed by atoms with Crippen LogP contribution in [0.15, 0.2) is 84.9 Å². The van der Waals surface area contributed by atoms with Crippen LogP contribution in [-0.2, 0) is 16.1 Å². The van der Waals surface area contributed by atoms with Crippen molar-refractivity contribution < 1.29 is 18.8 Å². The second-order valence-electron chi connectivity index (χ2n) is 8.00. The first-order valence-electron chi connectivity index (χ1n) is 10.6. The van der Waals surface area contributed by atoms with Crippen molar-refractivity contribution in [3.63, 3.8) is 0 Å². The Morgan fingerprint density at radius 1 is 0.812 bits per heavy atom. The molecule has 1 N–H and O–H groups in total. The van der Waals surface area contributed by atoms with E-state index >= 15 is 0 Å². The molecule has 0 aliphatic heterocycles. The monoisotopic (exact) mass is 431 g/mol. The predicted octanol–water partition coefficient (Wildman–Crippen LogP) is 4.95. The predicted molar refractivity (Wildman–Crippen MR) is 122 cm³/mol. The molecule has 0 radical (unpaired) electrons. The van der Waals surface area contributed by atoms with E-state index < -0.39 is 35.3 Å². The van der Waals surface area contributed by atoms with Gasteiger partial charge < -0.3 is 5.32 Å². The van der Waals surface area contributed by atoms with E-state index in [1.165, 1.54) is 24.3 Å². The Labute approximate surface area is 187 Å². The lowest BCUT2D eigenvalue weighted by molar-refractivity contribution is -0.136. The first-order valence-corrected chi connectivity index (χ1v) is 10.6. The highest BCUT2D eigenvalue weighted by Gasteiger charge is 2.41. The van der Waals surface area contributed by atoms with Gasteiger partial charge in [-0.3, -0.25) is 14.4 Å². The number of amides is 1. The van der Waals surface area contributed by atoms with Crippen molar-refractivity contribution in [2.45, 2.75) is 26.3 Å². The minimum atomic E-state index is -1.21. The molecule has 32 heavy (non-hydrogen) atoms. The van der Waals surface area contributed by atoms with Gasteiger partial charge in [-0.25, -0.2) is 4.39 Å². The lowest BCUT2D eigenvalue weighted by atomic mass is 9.75. The molecule has 0 aliphatic rings. The van der Waals surface area contributed by atoms with Crippen molar-refractivity contribution in [3.05, 3.63) is 107 Å². The summed E-state index contributed by atoms with van der Waals surface area (Å²) in [7, 11) is 0. The molecule has 0 bridgehead atoms.